The number of nitrogens with zero attached hydrogens (tertiary/aromatic N) is 2. The smallest absolute Gasteiger partial charge is 0.435 e. The molecule has 174 valence electrons. The SMILES string of the molecule is C/C(=N/C(=O)OC(C)(C)C)N(Cc1ccc(OCCCO)c(Br)c1)C(=O)OC(C)(C)C. The van der Waals surface area contributed by atoms with Crippen molar-refractivity contribution in [3.63, 3.8) is 0 Å². The standard InChI is InChI=1S/C22H33BrN2O6/c1-15(24-19(27)30-21(2,3)4)25(20(28)31-22(5,6)7)14-16-9-10-18(17(23)13-16)29-12-8-11-26/h9-10,13,26H,8,11-12,14H2,1-7H3/b24-15-. The first-order valence-corrected chi connectivity index (χ1v) is 10.8. The number of aliphatic hydroxyl groups is 1. The summed E-state index contributed by atoms with van der Waals surface area (Å²) in [6, 6.07) is 5.38. The van der Waals surface area contributed by atoms with E-state index in [1.165, 1.54) is 4.90 Å². The normalized spacial score (nSPS) is 12.4. The zero-order valence-electron chi connectivity index (χ0n) is 19.3. The Hall–Kier alpha value is -2.13. The van der Waals surface area contributed by atoms with Gasteiger partial charge >= 0.3 is 12.2 Å². The van der Waals surface area contributed by atoms with Crippen LogP contribution < -0.4 is 4.74 Å². The molecule has 1 rings (SSSR count). The largest absolute Gasteiger partial charge is 0.492 e. The molecule has 0 unspecified atom stereocenters. The van der Waals surface area contributed by atoms with E-state index in [9.17, 15) is 9.59 Å². The molecule has 0 aromatic heterocycles. The summed E-state index contributed by atoms with van der Waals surface area (Å²) in [5.74, 6) is 0.781. The first-order valence-electron chi connectivity index (χ1n) is 10.0. The van der Waals surface area contributed by atoms with Crippen molar-refractivity contribution in [2.75, 3.05) is 13.2 Å². The predicted octanol–water partition coefficient (Wildman–Crippen LogP) is 5.30. The minimum absolute atomic E-state index is 0.0524. The van der Waals surface area contributed by atoms with Crippen LogP contribution in [-0.4, -0.2) is 52.4 Å². The van der Waals surface area contributed by atoms with Gasteiger partial charge in [0.25, 0.3) is 0 Å². The fourth-order valence-corrected chi connectivity index (χ4v) is 2.83. The van der Waals surface area contributed by atoms with Crippen LogP contribution in [0.4, 0.5) is 9.59 Å². The molecule has 0 radical (unpaired) electrons. The van der Waals surface area contributed by atoms with Gasteiger partial charge in [0.05, 0.1) is 17.6 Å². The summed E-state index contributed by atoms with van der Waals surface area (Å²) in [5.41, 5.74) is -0.646. The minimum atomic E-state index is -0.785. The fraction of sp³-hybridized carbons (Fsp3) is 0.591. The Morgan fingerprint density at radius 3 is 2.23 bits per heavy atom. The third kappa shape index (κ3) is 10.6. The molecule has 0 saturated carbocycles. The van der Waals surface area contributed by atoms with Crippen molar-refractivity contribution in [2.24, 2.45) is 4.99 Å². The number of hydrogen-bond donors (Lipinski definition) is 1. The van der Waals surface area contributed by atoms with E-state index >= 15 is 0 Å². The first kappa shape index (κ1) is 26.9. The molecule has 0 fully saturated rings. The number of ether oxygens (including phenoxy) is 3. The summed E-state index contributed by atoms with van der Waals surface area (Å²) < 4.78 is 17.0. The van der Waals surface area contributed by atoms with Gasteiger partial charge in [-0.1, -0.05) is 6.07 Å². The molecule has 0 aliphatic heterocycles. The molecule has 9 heteroatoms. The Kier molecular flexibility index (Phi) is 9.96. The molecule has 0 spiro atoms. The van der Waals surface area contributed by atoms with Crippen molar-refractivity contribution >= 4 is 34.0 Å². The maximum absolute atomic E-state index is 12.8. The highest BCUT2D eigenvalue weighted by molar-refractivity contribution is 9.10. The topological polar surface area (TPSA) is 97.7 Å². The Bertz CT molecular complexity index is 796. The Morgan fingerprint density at radius 1 is 1.10 bits per heavy atom. The molecule has 0 heterocycles. The van der Waals surface area contributed by atoms with Crippen LogP contribution in [-0.2, 0) is 16.0 Å². The summed E-state index contributed by atoms with van der Waals surface area (Å²) in [6.07, 6.45) is -0.884. The molecular formula is C22H33BrN2O6. The van der Waals surface area contributed by atoms with Crippen molar-refractivity contribution in [3.8, 4) is 5.75 Å². The van der Waals surface area contributed by atoms with Gasteiger partial charge in [-0.2, -0.15) is 4.99 Å². The van der Waals surface area contributed by atoms with Gasteiger partial charge in [0.15, 0.2) is 0 Å². The van der Waals surface area contributed by atoms with Crippen LogP contribution in [0.5, 0.6) is 5.75 Å². The van der Waals surface area contributed by atoms with Gasteiger partial charge in [0.1, 0.15) is 22.8 Å². The lowest BCUT2D eigenvalue weighted by molar-refractivity contribution is 0.0357. The monoisotopic (exact) mass is 500 g/mol. The number of benzene rings is 1. The maximum atomic E-state index is 12.8. The van der Waals surface area contributed by atoms with E-state index < -0.39 is 23.4 Å². The number of aliphatic hydroxyl groups excluding tert-OH is 1. The van der Waals surface area contributed by atoms with E-state index in [2.05, 4.69) is 20.9 Å². The molecule has 0 aliphatic carbocycles. The molecule has 1 aromatic carbocycles. The Morgan fingerprint density at radius 2 is 1.71 bits per heavy atom. The van der Waals surface area contributed by atoms with Gasteiger partial charge in [0, 0.05) is 13.0 Å². The average molecular weight is 501 g/mol. The van der Waals surface area contributed by atoms with E-state index in [1.54, 1.807) is 60.6 Å². The summed E-state index contributed by atoms with van der Waals surface area (Å²) in [4.78, 5) is 30.1. The number of aliphatic imine (C=N–C) groups is 1. The quantitative estimate of drug-likeness (QED) is 0.323. The van der Waals surface area contributed by atoms with Gasteiger partial charge in [-0.15, -0.1) is 0 Å². The van der Waals surface area contributed by atoms with Crippen LogP contribution in [0.3, 0.4) is 0 Å². The van der Waals surface area contributed by atoms with Gasteiger partial charge < -0.3 is 19.3 Å². The number of halogens is 1. The Balaban J connectivity index is 3.11. The number of rotatable bonds is 6. The third-order valence-corrected chi connectivity index (χ3v) is 4.17. The molecule has 0 atom stereocenters. The highest BCUT2D eigenvalue weighted by Gasteiger charge is 2.26. The number of amides is 2. The lowest BCUT2D eigenvalue weighted by atomic mass is 10.2. The average Bonchev–Trinajstić information content (AvgIpc) is 2.58. The highest BCUT2D eigenvalue weighted by Crippen LogP contribution is 2.27. The number of amidine groups is 1. The van der Waals surface area contributed by atoms with Gasteiger partial charge in [-0.3, -0.25) is 4.90 Å². The van der Waals surface area contributed by atoms with E-state index in [4.69, 9.17) is 19.3 Å². The molecule has 1 aromatic rings. The van der Waals surface area contributed by atoms with E-state index in [1.807, 2.05) is 6.07 Å². The van der Waals surface area contributed by atoms with Crippen LogP contribution in [0, 0.1) is 0 Å². The maximum Gasteiger partial charge on any atom is 0.435 e. The fourth-order valence-electron chi connectivity index (χ4n) is 2.29. The van der Waals surface area contributed by atoms with Crippen LogP contribution >= 0.6 is 15.9 Å². The summed E-state index contributed by atoms with van der Waals surface area (Å²) in [5, 5.41) is 8.88. The van der Waals surface area contributed by atoms with Crippen molar-refractivity contribution < 1.29 is 28.9 Å². The van der Waals surface area contributed by atoms with Crippen LogP contribution in [0.1, 0.15) is 60.5 Å². The molecule has 8 nitrogen and oxygen atoms in total. The zero-order valence-corrected chi connectivity index (χ0v) is 20.9. The summed E-state index contributed by atoms with van der Waals surface area (Å²) in [6.45, 7) is 12.6. The summed E-state index contributed by atoms with van der Waals surface area (Å²) >= 11 is 3.46. The number of carbonyl (C=O) groups is 2. The lowest BCUT2D eigenvalue weighted by Crippen LogP contribution is -2.40. The number of carbonyl (C=O) groups excluding carboxylic acids is 2. The van der Waals surface area contributed by atoms with E-state index in [0.717, 1.165) is 5.56 Å². The van der Waals surface area contributed by atoms with Crippen molar-refractivity contribution in [1.29, 1.82) is 0 Å². The highest BCUT2D eigenvalue weighted by atomic mass is 79.9. The Labute approximate surface area is 192 Å². The third-order valence-electron chi connectivity index (χ3n) is 3.55. The predicted molar refractivity (Wildman–Crippen MR) is 122 cm³/mol. The van der Waals surface area contributed by atoms with Crippen molar-refractivity contribution in [3.05, 3.63) is 28.2 Å². The molecule has 31 heavy (non-hydrogen) atoms. The van der Waals surface area contributed by atoms with Gasteiger partial charge in [-0.25, -0.2) is 9.59 Å². The molecule has 0 saturated heterocycles. The second kappa shape index (κ2) is 11.5. The summed E-state index contributed by atoms with van der Waals surface area (Å²) in [7, 11) is 0. The minimum Gasteiger partial charge on any atom is -0.492 e. The van der Waals surface area contributed by atoms with E-state index in [-0.39, 0.29) is 19.0 Å². The second-order valence-corrected chi connectivity index (χ2v) is 9.75. The van der Waals surface area contributed by atoms with Crippen LogP contribution in [0.15, 0.2) is 27.7 Å². The van der Waals surface area contributed by atoms with Crippen LogP contribution in [0.25, 0.3) is 0 Å². The van der Waals surface area contributed by atoms with Crippen LogP contribution in [0.2, 0.25) is 0 Å². The molecular weight excluding hydrogens is 468 g/mol. The molecule has 1 N–H and O–H groups in total. The van der Waals surface area contributed by atoms with Crippen molar-refractivity contribution in [1.82, 2.24) is 4.90 Å². The first-order chi connectivity index (χ1) is 14.2. The van der Waals surface area contributed by atoms with Gasteiger partial charge in [-0.05, 0) is 82.1 Å². The molecule has 0 bridgehead atoms. The molecule has 2 amide bonds. The zero-order chi connectivity index (χ0) is 23.8. The molecule has 0 aliphatic rings. The number of hydrogen-bond acceptors (Lipinski definition) is 6. The second-order valence-electron chi connectivity index (χ2n) is 8.90. The van der Waals surface area contributed by atoms with Crippen molar-refractivity contribution in [2.45, 2.75) is 72.6 Å². The lowest BCUT2D eigenvalue weighted by Gasteiger charge is -2.27. The van der Waals surface area contributed by atoms with E-state index in [0.29, 0.717) is 23.2 Å². The van der Waals surface area contributed by atoms with Gasteiger partial charge in [0.2, 0.25) is 0 Å².